The molecule has 4 saturated heterocycles. The topological polar surface area (TPSA) is 157 Å². The van der Waals surface area contributed by atoms with Crippen LogP contribution in [-0.2, 0) is 19.2 Å². The van der Waals surface area contributed by atoms with Crippen LogP contribution in [0.2, 0.25) is 0 Å². The van der Waals surface area contributed by atoms with Gasteiger partial charge < -0.3 is 36.6 Å². The highest BCUT2D eigenvalue weighted by Gasteiger charge is 2.60. The molecule has 0 spiro atoms. The molecule has 1 unspecified atom stereocenters. The molecule has 0 saturated carbocycles. The van der Waals surface area contributed by atoms with Crippen molar-refractivity contribution in [3.63, 3.8) is 0 Å². The van der Waals surface area contributed by atoms with E-state index in [1.807, 2.05) is 18.7 Å². The Kier molecular flexibility index (Phi) is 7.05. The molecule has 198 valence electrons. The molecule has 0 aromatic carbocycles. The molecule has 0 aliphatic carbocycles. The fourth-order valence-electron chi connectivity index (χ4n) is 6.39. The number of amides is 3. The number of aliphatic carboxylic acids is 1. The van der Waals surface area contributed by atoms with Crippen molar-refractivity contribution in [2.75, 3.05) is 26.2 Å². The summed E-state index contributed by atoms with van der Waals surface area (Å²) >= 11 is 1.47. The van der Waals surface area contributed by atoms with E-state index in [1.165, 1.54) is 16.7 Å². The molecule has 5 aliphatic rings. The van der Waals surface area contributed by atoms with E-state index in [-0.39, 0.29) is 58.8 Å². The Hall–Kier alpha value is -2.15. The number of nitrogens with zero attached hydrogens (tertiary/aromatic N) is 2. The van der Waals surface area contributed by atoms with Gasteiger partial charge in [-0.2, -0.15) is 0 Å². The normalized spacial score (nSPS) is 36.8. The third kappa shape index (κ3) is 4.42. The molecule has 0 aromatic heterocycles. The van der Waals surface area contributed by atoms with Gasteiger partial charge >= 0.3 is 5.97 Å². The number of nitrogens with one attached hydrogen (secondary N) is 3. The molecule has 8 atom stereocenters. The maximum Gasteiger partial charge on any atom is 0.353 e. The first kappa shape index (κ1) is 25.5. The van der Waals surface area contributed by atoms with Gasteiger partial charge in [-0.15, -0.1) is 11.8 Å². The van der Waals surface area contributed by atoms with Gasteiger partial charge in [-0.25, -0.2) is 4.79 Å². The van der Waals surface area contributed by atoms with Crippen molar-refractivity contribution in [2.45, 2.75) is 75.0 Å². The van der Waals surface area contributed by atoms with Crippen LogP contribution in [0.15, 0.2) is 10.6 Å². The van der Waals surface area contributed by atoms with Crippen molar-refractivity contribution in [1.29, 1.82) is 0 Å². The van der Waals surface area contributed by atoms with Crippen LogP contribution in [0.25, 0.3) is 0 Å². The highest BCUT2D eigenvalue weighted by Crippen LogP contribution is 2.51. The number of fused-ring (bicyclic) bond motifs is 1. The third-order valence-corrected chi connectivity index (χ3v) is 9.81. The van der Waals surface area contributed by atoms with E-state index in [0.29, 0.717) is 31.0 Å². The molecule has 4 fully saturated rings. The van der Waals surface area contributed by atoms with Crippen LogP contribution in [0.5, 0.6) is 0 Å². The smallest absolute Gasteiger partial charge is 0.353 e. The zero-order chi connectivity index (χ0) is 25.7. The Morgan fingerprint density at radius 3 is 2.64 bits per heavy atom. The van der Waals surface area contributed by atoms with Crippen molar-refractivity contribution < 1.29 is 24.3 Å². The second-order valence-corrected chi connectivity index (χ2v) is 12.1. The van der Waals surface area contributed by atoms with Gasteiger partial charge in [-0.05, 0) is 39.2 Å². The molecule has 5 aliphatic heterocycles. The van der Waals surface area contributed by atoms with Gasteiger partial charge in [0.2, 0.25) is 17.7 Å². The monoisotopic (exact) mass is 520 g/mol. The Morgan fingerprint density at radius 2 is 2.00 bits per heavy atom. The van der Waals surface area contributed by atoms with E-state index in [1.54, 1.807) is 0 Å². The summed E-state index contributed by atoms with van der Waals surface area (Å²) in [7, 11) is 0. The first-order chi connectivity index (χ1) is 17.2. The number of hydrogen-bond acceptors (Lipinski definition) is 8. The van der Waals surface area contributed by atoms with E-state index in [9.17, 15) is 24.3 Å². The predicted octanol–water partition coefficient (Wildman–Crippen LogP) is -0.961. The number of nitrogens with two attached hydrogens (primary N) is 1. The minimum Gasteiger partial charge on any atom is -0.477 e. The van der Waals surface area contributed by atoms with Gasteiger partial charge in [-0.3, -0.25) is 14.4 Å². The van der Waals surface area contributed by atoms with Crippen LogP contribution in [-0.4, -0.2) is 100 Å². The summed E-state index contributed by atoms with van der Waals surface area (Å²) in [6.07, 6.45) is 3.13. The number of likely N-dealkylation sites (tertiary alicyclic amines) is 1. The Morgan fingerprint density at radius 1 is 1.22 bits per heavy atom. The van der Waals surface area contributed by atoms with Crippen LogP contribution in [0.1, 0.15) is 39.5 Å². The molecule has 12 heteroatoms. The van der Waals surface area contributed by atoms with E-state index < -0.39 is 17.9 Å². The molecule has 0 radical (unpaired) electrons. The molecule has 11 nitrogen and oxygen atoms in total. The summed E-state index contributed by atoms with van der Waals surface area (Å²) in [6, 6.07) is -1.20. The van der Waals surface area contributed by atoms with Gasteiger partial charge in [-0.1, -0.05) is 6.92 Å². The van der Waals surface area contributed by atoms with E-state index in [0.717, 1.165) is 25.8 Å². The lowest BCUT2D eigenvalue weighted by Gasteiger charge is -2.47. The Bertz CT molecular complexity index is 984. The molecular formula is C24H36N6O5S. The number of carboxylic acids is 1. The third-order valence-electron chi connectivity index (χ3n) is 8.30. The van der Waals surface area contributed by atoms with Crippen LogP contribution < -0.4 is 21.7 Å². The number of thioether (sulfide) groups is 1. The Balaban J connectivity index is 1.24. The molecule has 5 heterocycles. The van der Waals surface area contributed by atoms with Crippen molar-refractivity contribution >= 4 is 35.5 Å². The first-order valence-corrected chi connectivity index (χ1v) is 13.8. The lowest BCUT2D eigenvalue weighted by molar-refractivity contribution is -0.158. The summed E-state index contributed by atoms with van der Waals surface area (Å²) in [5, 5.41) is 19.5. The quantitative estimate of drug-likeness (QED) is 0.267. The van der Waals surface area contributed by atoms with Crippen LogP contribution >= 0.6 is 11.8 Å². The zero-order valence-electron chi connectivity index (χ0n) is 20.7. The molecule has 3 amide bonds. The summed E-state index contributed by atoms with van der Waals surface area (Å²) in [5.74, 6) is -2.06. The van der Waals surface area contributed by atoms with E-state index in [4.69, 9.17) is 5.73 Å². The fourth-order valence-corrected chi connectivity index (χ4v) is 7.87. The number of carbonyl (C=O) groups excluding carboxylic acids is 3. The van der Waals surface area contributed by atoms with Crippen LogP contribution in [0.3, 0.4) is 0 Å². The summed E-state index contributed by atoms with van der Waals surface area (Å²) in [5.41, 5.74) is 6.00. The highest BCUT2D eigenvalue weighted by atomic mass is 32.2. The average Bonchev–Trinajstić information content (AvgIpc) is 3.62. The van der Waals surface area contributed by atoms with Gasteiger partial charge in [0.1, 0.15) is 5.70 Å². The highest BCUT2D eigenvalue weighted by molar-refractivity contribution is 8.03. The van der Waals surface area contributed by atoms with Gasteiger partial charge in [0, 0.05) is 47.8 Å². The van der Waals surface area contributed by atoms with E-state index in [2.05, 4.69) is 16.0 Å². The largest absolute Gasteiger partial charge is 0.477 e. The second kappa shape index (κ2) is 9.96. The standard InChI is InChI=1S/C24H36N6O5S/c1-11-18-17(12(2)28-21(31)15-4-3-6-26-15)23(33)30(18)19(24(34)35)20(11)36-14-8-16(27-9-14)22(32)29-7-5-13(25)10-29/h11-18,26-27H,3-10,25H2,1-2H3,(H,28,31)(H,34,35)/t11-,12?,13-,14+,15+,16+,17-,18-/m1/s1. The molecule has 5 rings (SSSR count). The number of hydrogen-bond donors (Lipinski definition) is 5. The van der Waals surface area contributed by atoms with Gasteiger partial charge in [0.25, 0.3) is 0 Å². The lowest BCUT2D eigenvalue weighted by atomic mass is 9.78. The zero-order valence-corrected chi connectivity index (χ0v) is 21.6. The van der Waals surface area contributed by atoms with Gasteiger partial charge in [0.05, 0.1) is 24.0 Å². The maximum atomic E-state index is 13.1. The number of β-lactam (4-membered cyclic amide) rings is 1. The fraction of sp³-hybridized carbons (Fsp3) is 0.750. The van der Waals surface area contributed by atoms with Crippen molar-refractivity contribution in [2.24, 2.45) is 17.6 Å². The summed E-state index contributed by atoms with van der Waals surface area (Å²) in [4.78, 5) is 54.7. The second-order valence-electron chi connectivity index (χ2n) is 10.7. The number of rotatable bonds is 7. The SMILES string of the molecule is CC(NC(=O)[C@@H]1CCCN1)[C@H]1C(=O)N2C(C(=O)O)=C(S[C@@H]3CN[C@H](C(=O)N4CC[C@@H](N)C4)C3)[C@H](C)[C@H]12. The number of carbonyl (C=O) groups is 4. The Labute approximate surface area is 214 Å². The minimum absolute atomic E-state index is 0.0275. The molecule has 0 bridgehead atoms. The molecule has 0 aromatic rings. The van der Waals surface area contributed by atoms with Crippen molar-refractivity contribution in [3.8, 4) is 0 Å². The molecule has 36 heavy (non-hydrogen) atoms. The molecular weight excluding hydrogens is 484 g/mol. The van der Waals surface area contributed by atoms with Crippen LogP contribution in [0.4, 0.5) is 0 Å². The molecule has 6 N–H and O–H groups in total. The van der Waals surface area contributed by atoms with Crippen LogP contribution in [0, 0.1) is 11.8 Å². The number of carboxylic acid groups (broad SMARTS) is 1. The minimum atomic E-state index is -1.12. The summed E-state index contributed by atoms with van der Waals surface area (Å²) in [6.45, 7) is 6.43. The van der Waals surface area contributed by atoms with E-state index >= 15 is 0 Å². The lowest BCUT2D eigenvalue weighted by Crippen LogP contribution is -2.66. The summed E-state index contributed by atoms with van der Waals surface area (Å²) < 4.78 is 0. The maximum absolute atomic E-state index is 13.1. The van der Waals surface area contributed by atoms with Crippen molar-refractivity contribution in [1.82, 2.24) is 25.8 Å². The van der Waals surface area contributed by atoms with Crippen molar-refractivity contribution in [3.05, 3.63) is 10.6 Å². The predicted molar refractivity (Wildman–Crippen MR) is 134 cm³/mol. The first-order valence-electron chi connectivity index (χ1n) is 13.0. The van der Waals surface area contributed by atoms with Gasteiger partial charge in [0.15, 0.2) is 0 Å². The average molecular weight is 521 g/mol.